The molecule has 0 bridgehead atoms. The number of fused-ring (bicyclic) bond motifs is 7. The molecule has 7 nitrogen and oxygen atoms in total. The van der Waals surface area contributed by atoms with Gasteiger partial charge in [-0.25, -0.2) is 19.9 Å². The lowest BCUT2D eigenvalue weighted by molar-refractivity contribution is 0.618. The first-order chi connectivity index (χ1) is 23.3. The lowest BCUT2D eigenvalue weighted by Crippen LogP contribution is -2.01. The molecule has 7 heteroatoms. The predicted octanol–water partition coefficient (Wildman–Crippen LogP) is 10.5. The molecule has 4 heterocycles. The summed E-state index contributed by atoms with van der Waals surface area (Å²) in [6, 6.07) is 43.7. The van der Waals surface area contributed by atoms with E-state index >= 15 is 0 Å². The Labute approximate surface area is 266 Å². The van der Waals surface area contributed by atoms with E-state index in [-0.39, 0.29) is 0 Å². The van der Waals surface area contributed by atoms with Crippen molar-refractivity contribution in [3.8, 4) is 45.6 Å². The number of oxazole rings is 1. The summed E-state index contributed by atoms with van der Waals surface area (Å²) in [5, 5.41) is 3.75. The second-order valence-corrected chi connectivity index (χ2v) is 11.4. The molecule has 220 valence electrons. The monoisotopic (exact) mass is 606 g/mol. The van der Waals surface area contributed by atoms with E-state index in [0.717, 1.165) is 60.5 Å². The minimum atomic E-state index is 0.469. The second kappa shape index (κ2) is 9.95. The van der Waals surface area contributed by atoms with Crippen LogP contribution < -0.4 is 0 Å². The van der Waals surface area contributed by atoms with E-state index in [2.05, 4.69) is 6.07 Å². The number of para-hydroxylation sites is 2. The maximum absolute atomic E-state index is 6.59. The van der Waals surface area contributed by atoms with Crippen LogP contribution in [-0.2, 0) is 0 Å². The van der Waals surface area contributed by atoms with Crippen molar-refractivity contribution in [1.82, 2.24) is 19.9 Å². The molecule has 0 saturated carbocycles. The third kappa shape index (κ3) is 4.00. The molecule has 0 spiro atoms. The maximum Gasteiger partial charge on any atom is 0.228 e. The Balaban J connectivity index is 1.31. The molecule has 0 N–H and O–H groups in total. The fourth-order valence-corrected chi connectivity index (χ4v) is 6.48. The summed E-state index contributed by atoms with van der Waals surface area (Å²) >= 11 is 0. The average molecular weight is 607 g/mol. The quantitative estimate of drug-likeness (QED) is 0.197. The van der Waals surface area contributed by atoms with Gasteiger partial charge in [0.25, 0.3) is 0 Å². The zero-order valence-corrected chi connectivity index (χ0v) is 24.7. The van der Waals surface area contributed by atoms with E-state index in [1.54, 1.807) is 0 Å². The van der Waals surface area contributed by atoms with Gasteiger partial charge >= 0.3 is 0 Å². The molecule has 0 aliphatic carbocycles. The number of benzene rings is 6. The third-order valence-electron chi connectivity index (χ3n) is 8.58. The van der Waals surface area contributed by atoms with Crippen molar-refractivity contribution in [3.05, 3.63) is 133 Å². The van der Waals surface area contributed by atoms with Gasteiger partial charge in [0, 0.05) is 44.3 Å². The van der Waals surface area contributed by atoms with Crippen molar-refractivity contribution >= 4 is 55.0 Å². The summed E-state index contributed by atoms with van der Waals surface area (Å²) in [6.45, 7) is 0. The predicted molar refractivity (Wildman–Crippen MR) is 184 cm³/mol. The van der Waals surface area contributed by atoms with Crippen LogP contribution in [0.25, 0.3) is 101 Å². The lowest BCUT2D eigenvalue weighted by Gasteiger charge is -2.09. The molecule has 0 saturated heterocycles. The van der Waals surface area contributed by atoms with E-state index < -0.39 is 0 Å². The highest BCUT2D eigenvalue weighted by atomic mass is 16.4. The summed E-state index contributed by atoms with van der Waals surface area (Å²) in [4.78, 5) is 20.3. The van der Waals surface area contributed by atoms with Crippen molar-refractivity contribution in [1.29, 1.82) is 0 Å². The van der Waals surface area contributed by atoms with E-state index in [0.29, 0.717) is 40.0 Å². The Bertz CT molecular complexity index is 2740. The van der Waals surface area contributed by atoms with Crippen molar-refractivity contribution < 1.29 is 13.3 Å². The lowest BCUT2D eigenvalue weighted by atomic mass is 10.0. The van der Waals surface area contributed by atoms with Crippen molar-refractivity contribution in [3.63, 3.8) is 0 Å². The van der Waals surface area contributed by atoms with Gasteiger partial charge < -0.3 is 13.3 Å². The molecule has 0 aliphatic heterocycles. The van der Waals surface area contributed by atoms with Gasteiger partial charge in [-0.15, -0.1) is 0 Å². The Morgan fingerprint density at radius 2 is 0.936 bits per heavy atom. The van der Waals surface area contributed by atoms with Gasteiger partial charge in [-0.05, 0) is 24.3 Å². The molecule has 0 amide bonds. The van der Waals surface area contributed by atoms with Gasteiger partial charge in [0.15, 0.2) is 23.1 Å². The van der Waals surface area contributed by atoms with Crippen LogP contribution in [0.3, 0.4) is 0 Å². The Hall–Kier alpha value is -6.60. The standard InChI is InChI=1S/C40H22N4O3/c1-3-12-23(13-4-1)37-42-38(24-14-5-2-6-15-24)44-39(43-37)35-34-26-17-8-10-20-29(26)46-31(34)22-32-36(35)41-40(47-32)27-18-11-21-30-33(27)25-16-7-9-19-28(25)45-30/h1-22H. The van der Waals surface area contributed by atoms with E-state index in [4.69, 9.17) is 33.2 Å². The molecule has 0 fully saturated rings. The molecule has 10 rings (SSSR count). The van der Waals surface area contributed by atoms with Crippen LogP contribution in [0.15, 0.2) is 147 Å². The van der Waals surface area contributed by atoms with E-state index in [9.17, 15) is 0 Å². The molecule has 47 heavy (non-hydrogen) atoms. The number of hydrogen-bond acceptors (Lipinski definition) is 7. The van der Waals surface area contributed by atoms with Crippen LogP contribution in [0.2, 0.25) is 0 Å². The largest absolute Gasteiger partial charge is 0.456 e. The topological polar surface area (TPSA) is 91.0 Å². The molecule has 10 aromatic rings. The van der Waals surface area contributed by atoms with Gasteiger partial charge in [-0.3, -0.25) is 0 Å². The number of furan rings is 2. The van der Waals surface area contributed by atoms with Gasteiger partial charge in [-0.2, -0.15) is 0 Å². The smallest absolute Gasteiger partial charge is 0.228 e. The zero-order chi connectivity index (χ0) is 30.9. The summed E-state index contributed by atoms with van der Waals surface area (Å²) in [7, 11) is 0. The Morgan fingerprint density at radius 1 is 0.383 bits per heavy atom. The van der Waals surface area contributed by atoms with Crippen LogP contribution in [-0.4, -0.2) is 19.9 Å². The minimum Gasteiger partial charge on any atom is -0.456 e. The van der Waals surface area contributed by atoms with Gasteiger partial charge in [-0.1, -0.05) is 103 Å². The van der Waals surface area contributed by atoms with E-state index in [1.165, 1.54) is 0 Å². The fourth-order valence-electron chi connectivity index (χ4n) is 6.48. The number of aromatic nitrogens is 4. The molecular weight excluding hydrogens is 584 g/mol. The normalized spacial score (nSPS) is 11.8. The van der Waals surface area contributed by atoms with Gasteiger partial charge in [0.2, 0.25) is 5.89 Å². The highest BCUT2D eigenvalue weighted by molar-refractivity contribution is 6.19. The molecule has 4 aromatic heterocycles. The first-order valence-electron chi connectivity index (χ1n) is 15.3. The SMILES string of the molecule is c1ccc(-c2nc(-c3ccccc3)nc(-c3c4nc(-c5cccc6oc7ccccc7c56)oc4cc4oc5ccccc5c34)n2)cc1. The summed E-state index contributed by atoms with van der Waals surface area (Å²) in [5.74, 6) is 2.07. The first-order valence-corrected chi connectivity index (χ1v) is 15.3. The maximum atomic E-state index is 6.59. The molecule has 0 atom stereocenters. The molecule has 0 aliphatic rings. The van der Waals surface area contributed by atoms with Crippen LogP contribution in [0.5, 0.6) is 0 Å². The molecule has 0 radical (unpaired) electrons. The van der Waals surface area contributed by atoms with E-state index in [1.807, 2.05) is 127 Å². The van der Waals surface area contributed by atoms with Gasteiger partial charge in [0.1, 0.15) is 27.8 Å². The zero-order valence-electron chi connectivity index (χ0n) is 24.7. The molecule has 0 unspecified atom stereocenters. The van der Waals surface area contributed by atoms with Crippen molar-refractivity contribution in [2.75, 3.05) is 0 Å². The Kier molecular flexibility index (Phi) is 5.44. The number of nitrogens with zero attached hydrogens (tertiary/aromatic N) is 4. The van der Waals surface area contributed by atoms with Gasteiger partial charge in [0.05, 0.1) is 5.56 Å². The van der Waals surface area contributed by atoms with Crippen molar-refractivity contribution in [2.45, 2.75) is 0 Å². The molecular formula is C40H22N4O3. The highest BCUT2D eigenvalue weighted by Crippen LogP contribution is 2.44. The third-order valence-corrected chi connectivity index (χ3v) is 8.58. The summed E-state index contributed by atoms with van der Waals surface area (Å²) in [6.07, 6.45) is 0. The van der Waals surface area contributed by atoms with Crippen LogP contribution >= 0.6 is 0 Å². The Morgan fingerprint density at radius 3 is 1.62 bits per heavy atom. The summed E-state index contributed by atoms with van der Waals surface area (Å²) in [5.41, 5.74) is 7.51. The van der Waals surface area contributed by atoms with Crippen LogP contribution in [0, 0.1) is 0 Å². The van der Waals surface area contributed by atoms with Crippen molar-refractivity contribution in [2.24, 2.45) is 0 Å². The minimum absolute atomic E-state index is 0.469. The fraction of sp³-hybridized carbons (Fsp3) is 0. The number of rotatable bonds is 4. The van der Waals surface area contributed by atoms with Crippen LogP contribution in [0.1, 0.15) is 0 Å². The highest BCUT2D eigenvalue weighted by Gasteiger charge is 2.25. The van der Waals surface area contributed by atoms with Crippen LogP contribution in [0.4, 0.5) is 0 Å². The molecule has 6 aromatic carbocycles. The average Bonchev–Trinajstić information content (AvgIpc) is 3.84. The second-order valence-electron chi connectivity index (χ2n) is 11.4. The number of hydrogen-bond donors (Lipinski definition) is 0. The summed E-state index contributed by atoms with van der Waals surface area (Å²) < 4.78 is 19.2. The first kappa shape index (κ1) is 25.7.